The average molecular weight is 275 g/mol. The van der Waals surface area contributed by atoms with Gasteiger partial charge in [-0.05, 0) is 38.9 Å². The van der Waals surface area contributed by atoms with Crippen molar-refractivity contribution >= 4 is 28.8 Å². The van der Waals surface area contributed by atoms with Crippen molar-refractivity contribution in [3.05, 3.63) is 21.3 Å². The summed E-state index contributed by atoms with van der Waals surface area (Å²) >= 11 is 7.39. The smallest absolute Gasteiger partial charge is 0.239 e. The molecule has 96 valence electrons. The third-order valence-electron chi connectivity index (χ3n) is 2.47. The minimum atomic E-state index is -0.512. The molecule has 0 unspecified atom stereocenters. The summed E-state index contributed by atoms with van der Waals surface area (Å²) in [6.45, 7) is 7.18. The van der Waals surface area contributed by atoms with Gasteiger partial charge in [-0.15, -0.1) is 11.3 Å². The molecule has 0 aliphatic carbocycles. The predicted octanol–water partition coefficient (Wildman–Crippen LogP) is 2.45. The first-order chi connectivity index (χ1) is 7.95. The van der Waals surface area contributed by atoms with Gasteiger partial charge < -0.3 is 10.6 Å². The molecular formula is C12H19ClN2OS. The van der Waals surface area contributed by atoms with E-state index in [0.29, 0.717) is 6.54 Å². The summed E-state index contributed by atoms with van der Waals surface area (Å²) < 4.78 is 0.791. The second-order valence-corrected chi connectivity index (χ2v) is 6.17. The van der Waals surface area contributed by atoms with E-state index in [9.17, 15) is 4.79 Å². The number of amides is 1. The first-order valence-corrected chi connectivity index (χ1v) is 6.92. The fourth-order valence-corrected chi connectivity index (χ4v) is 2.62. The highest BCUT2D eigenvalue weighted by Crippen LogP contribution is 2.21. The number of carbonyl (C=O) groups is 1. The third-order valence-corrected chi connectivity index (χ3v) is 3.76. The van der Waals surface area contributed by atoms with Crippen molar-refractivity contribution in [2.45, 2.75) is 32.7 Å². The summed E-state index contributed by atoms with van der Waals surface area (Å²) in [6.07, 6.45) is 0.825. The van der Waals surface area contributed by atoms with Crippen molar-refractivity contribution in [2.24, 2.45) is 0 Å². The number of nitrogens with one attached hydrogen (secondary N) is 2. The molecule has 0 radical (unpaired) electrons. The molecule has 1 amide bonds. The van der Waals surface area contributed by atoms with Crippen LogP contribution in [0, 0.1) is 0 Å². The van der Waals surface area contributed by atoms with E-state index < -0.39 is 5.54 Å². The largest absolute Gasteiger partial charge is 0.354 e. The highest BCUT2D eigenvalue weighted by Gasteiger charge is 2.25. The monoisotopic (exact) mass is 274 g/mol. The lowest BCUT2D eigenvalue weighted by molar-refractivity contribution is -0.126. The average Bonchev–Trinajstić information content (AvgIpc) is 2.64. The van der Waals surface area contributed by atoms with E-state index in [4.69, 9.17) is 11.6 Å². The Labute approximate surface area is 112 Å². The lowest BCUT2D eigenvalue weighted by atomic mass is 10.0. The molecule has 0 fully saturated rings. The summed E-state index contributed by atoms with van der Waals surface area (Å²) in [6, 6.07) is 3.88. The SMILES string of the molecule is CCNC(C)(C)C(=O)NCCc1ccc(Cl)s1. The third kappa shape index (κ3) is 4.66. The van der Waals surface area contributed by atoms with Crippen molar-refractivity contribution in [1.29, 1.82) is 0 Å². The maximum atomic E-state index is 11.9. The topological polar surface area (TPSA) is 41.1 Å². The molecule has 3 nitrogen and oxygen atoms in total. The lowest BCUT2D eigenvalue weighted by Gasteiger charge is -2.24. The fraction of sp³-hybridized carbons (Fsp3) is 0.583. The van der Waals surface area contributed by atoms with Crippen molar-refractivity contribution < 1.29 is 4.79 Å². The number of halogens is 1. The Bertz CT molecular complexity index is 376. The van der Waals surface area contributed by atoms with Gasteiger partial charge in [-0.2, -0.15) is 0 Å². The fourth-order valence-electron chi connectivity index (χ4n) is 1.53. The van der Waals surface area contributed by atoms with Crippen LogP contribution < -0.4 is 10.6 Å². The predicted molar refractivity (Wildman–Crippen MR) is 73.8 cm³/mol. The molecule has 1 aromatic heterocycles. The van der Waals surface area contributed by atoms with Crippen LogP contribution in [0.4, 0.5) is 0 Å². The van der Waals surface area contributed by atoms with Gasteiger partial charge in [0.25, 0.3) is 0 Å². The van der Waals surface area contributed by atoms with Crippen molar-refractivity contribution in [2.75, 3.05) is 13.1 Å². The van der Waals surface area contributed by atoms with Crippen molar-refractivity contribution in [1.82, 2.24) is 10.6 Å². The highest BCUT2D eigenvalue weighted by atomic mass is 35.5. The summed E-state index contributed by atoms with van der Waals surface area (Å²) in [7, 11) is 0. The number of hydrogen-bond donors (Lipinski definition) is 2. The highest BCUT2D eigenvalue weighted by molar-refractivity contribution is 7.16. The van der Waals surface area contributed by atoms with Crippen molar-refractivity contribution in [3.63, 3.8) is 0 Å². The molecule has 0 aliphatic rings. The number of thiophene rings is 1. The summed E-state index contributed by atoms with van der Waals surface area (Å²) in [5, 5.41) is 6.07. The Kier molecular flexibility index (Phi) is 5.43. The van der Waals surface area contributed by atoms with Gasteiger partial charge in [0.1, 0.15) is 0 Å². The van der Waals surface area contributed by atoms with Crippen LogP contribution in [0.15, 0.2) is 12.1 Å². The zero-order chi connectivity index (χ0) is 12.9. The summed E-state index contributed by atoms with van der Waals surface area (Å²) in [5.41, 5.74) is -0.512. The van der Waals surface area contributed by atoms with E-state index in [1.54, 1.807) is 11.3 Å². The molecule has 1 rings (SSSR count). The van der Waals surface area contributed by atoms with Crippen molar-refractivity contribution in [3.8, 4) is 0 Å². The first-order valence-electron chi connectivity index (χ1n) is 5.73. The Balaban J connectivity index is 2.33. The molecule has 0 aromatic carbocycles. The lowest BCUT2D eigenvalue weighted by Crippen LogP contribution is -2.52. The van der Waals surface area contributed by atoms with E-state index in [2.05, 4.69) is 10.6 Å². The molecular weight excluding hydrogens is 256 g/mol. The summed E-state index contributed by atoms with van der Waals surface area (Å²) in [4.78, 5) is 13.0. The van der Waals surface area contributed by atoms with Crippen LogP contribution in [0.25, 0.3) is 0 Å². The van der Waals surface area contributed by atoms with Gasteiger partial charge in [0.15, 0.2) is 0 Å². The molecule has 17 heavy (non-hydrogen) atoms. The van der Waals surface area contributed by atoms with E-state index in [1.165, 1.54) is 4.88 Å². The maximum Gasteiger partial charge on any atom is 0.239 e. The minimum Gasteiger partial charge on any atom is -0.354 e. The molecule has 0 bridgehead atoms. The molecule has 0 atom stereocenters. The number of rotatable bonds is 6. The van der Waals surface area contributed by atoms with Gasteiger partial charge in [0.2, 0.25) is 5.91 Å². The van der Waals surface area contributed by atoms with Crippen LogP contribution in [0.5, 0.6) is 0 Å². The van der Waals surface area contributed by atoms with Gasteiger partial charge in [-0.3, -0.25) is 4.79 Å². The normalized spacial score (nSPS) is 11.5. The Morgan fingerprint density at radius 3 is 2.71 bits per heavy atom. The summed E-state index contributed by atoms with van der Waals surface area (Å²) in [5.74, 6) is 0.0296. The number of likely N-dealkylation sites (N-methyl/N-ethyl adjacent to an activating group) is 1. The van der Waals surface area contributed by atoms with Gasteiger partial charge in [-0.1, -0.05) is 18.5 Å². The zero-order valence-electron chi connectivity index (χ0n) is 10.5. The number of hydrogen-bond acceptors (Lipinski definition) is 3. The van der Waals surface area contributed by atoms with E-state index in [0.717, 1.165) is 17.3 Å². The molecule has 2 N–H and O–H groups in total. The van der Waals surface area contributed by atoms with Gasteiger partial charge in [-0.25, -0.2) is 0 Å². The van der Waals surface area contributed by atoms with Crippen LogP contribution in [0.1, 0.15) is 25.6 Å². The van der Waals surface area contributed by atoms with E-state index in [1.807, 2.05) is 32.9 Å². The molecule has 1 aromatic rings. The standard InChI is InChI=1S/C12H19ClN2OS/c1-4-15-12(2,3)11(16)14-8-7-9-5-6-10(13)17-9/h5-6,15H,4,7-8H2,1-3H3,(H,14,16). The quantitative estimate of drug-likeness (QED) is 0.837. The van der Waals surface area contributed by atoms with Gasteiger partial charge in [0, 0.05) is 11.4 Å². The molecule has 0 aliphatic heterocycles. The molecule has 0 spiro atoms. The second kappa shape index (κ2) is 6.38. The second-order valence-electron chi connectivity index (χ2n) is 4.37. The minimum absolute atomic E-state index is 0.0296. The Morgan fingerprint density at radius 1 is 1.47 bits per heavy atom. The van der Waals surface area contributed by atoms with E-state index in [-0.39, 0.29) is 5.91 Å². The first kappa shape index (κ1) is 14.5. The maximum absolute atomic E-state index is 11.9. The number of carbonyl (C=O) groups excluding carboxylic acids is 1. The van der Waals surface area contributed by atoms with E-state index >= 15 is 0 Å². The van der Waals surface area contributed by atoms with Crippen LogP contribution in [-0.2, 0) is 11.2 Å². The van der Waals surface area contributed by atoms with Crippen LogP contribution in [-0.4, -0.2) is 24.5 Å². The molecule has 0 saturated heterocycles. The van der Waals surface area contributed by atoms with Gasteiger partial charge in [0.05, 0.1) is 9.88 Å². The zero-order valence-corrected chi connectivity index (χ0v) is 12.0. The Morgan fingerprint density at radius 2 is 2.18 bits per heavy atom. The molecule has 5 heteroatoms. The van der Waals surface area contributed by atoms with Gasteiger partial charge >= 0.3 is 0 Å². The molecule has 1 heterocycles. The van der Waals surface area contributed by atoms with Crippen LogP contribution in [0.3, 0.4) is 0 Å². The molecule has 0 saturated carbocycles. The van der Waals surface area contributed by atoms with Crippen LogP contribution in [0.2, 0.25) is 4.34 Å². The Hall–Kier alpha value is -0.580. The van der Waals surface area contributed by atoms with Crippen LogP contribution >= 0.6 is 22.9 Å².